The van der Waals surface area contributed by atoms with Crippen LogP contribution in [0.3, 0.4) is 0 Å². The maximum absolute atomic E-state index is 14.6. The summed E-state index contributed by atoms with van der Waals surface area (Å²) in [5.41, 5.74) is 1.14. The SMILES string of the molecule is CCCCC(F)CC(OC1CCCCO1)=C(C)C1CCC2OC(O)CC21. The Morgan fingerprint density at radius 3 is 2.85 bits per heavy atom. The normalized spacial score (nSPS) is 36.5. The van der Waals surface area contributed by atoms with Gasteiger partial charge in [-0.25, -0.2) is 4.39 Å². The highest BCUT2D eigenvalue weighted by Gasteiger charge is 2.45. The topological polar surface area (TPSA) is 47.9 Å². The minimum atomic E-state index is -0.869. The van der Waals surface area contributed by atoms with Crippen molar-refractivity contribution in [2.24, 2.45) is 11.8 Å². The van der Waals surface area contributed by atoms with Crippen LogP contribution in [0.25, 0.3) is 0 Å². The number of alkyl halides is 1. The fourth-order valence-corrected chi connectivity index (χ4v) is 4.74. The van der Waals surface area contributed by atoms with E-state index in [0.29, 0.717) is 31.1 Å². The van der Waals surface area contributed by atoms with Crippen molar-refractivity contribution in [3.63, 3.8) is 0 Å². The predicted octanol–water partition coefficient (Wildman–Crippen LogP) is 4.86. The molecule has 2 heterocycles. The third-order valence-electron chi connectivity index (χ3n) is 6.25. The lowest BCUT2D eigenvalue weighted by Crippen LogP contribution is -2.25. The number of allylic oxidation sites excluding steroid dienone is 2. The number of rotatable bonds is 8. The molecule has 2 saturated heterocycles. The van der Waals surface area contributed by atoms with Gasteiger partial charge in [-0.2, -0.15) is 0 Å². The van der Waals surface area contributed by atoms with Crippen LogP contribution in [0.1, 0.15) is 78.1 Å². The Bertz CT molecular complexity index is 475. The Hall–Kier alpha value is -0.650. The second-order valence-corrected chi connectivity index (χ2v) is 8.18. The van der Waals surface area contributed by atoms with Gasteiger partial charge in [0, 0.05) is 19.3 Å². The van der Waals surface area contributed by atoms with Crippen molar-refractivity contribution in [3.8, 4) is 0 Å². The summed E-state index contributed by atoms with van der Waals surface area (Å²) in [6.07, 6.45) is 6.92. The lowest BCUT2D eigenvalue weighted by Gasteiger charge is -2.29. The molecule has 2 aliphatic heterocycles. The molecule has 4 nitrogen and oxygen atoms in total. The van der Waals surface area contributed by atoms with Crippen molar-refractivity contribution >= 4 is 0 Å². The second kappa shape index (κ2) is 9.52. The first kappa shape index (κ1) is 20.1. The second-order valence-electron chi connectivity index (χ2n) is 8.18. The standard InChI is InChI=1S/C21H35FO4/c1-3-4-7-15(22)12-19(26-21-8-5-6-11-24-21)14(2)16-9-10-18-17(16)13-20(23)25-18/h15-18,20-21,23H,3-13H2,1-2H3. The first-order valence-electron chi connectivity index (χ1n) is 10.5. The molecule has 0 radical (unpaired) electrons. The van der Waals surface area contributed by atoms with Crippen LogP contribution in [0.15, 0.2) is 11.3 Å². The summed E-state index contributed by atoms with van der Waals surface area (Å²) in [7, 11) is 0. The molecule has 6 atom stereocenters. The molecule has 0 aromatic carbocycles. The molecule has 0 amide bonds. The summed E-state index contributed by atoms with van der Waals surface area (Å²) in [5, 5.41) is 9.83. The van der Waals surface area contributed by atoms with Gasteiger partial charge in [0.25, 0.3) is 0 Å². The average molecular weight is 371 g/mol. The molecule has 5 heteroatoms. The maximum atomic E-state index is 14.6. The van der Waals surface area contributed by atoms with Crippen molar-refractivity contribution in [1.29, 1.82) is 0 Å². The lowest BCUT2D eigenvalue weighted by molar-refractivity contribution is -0.142. The average Bonchev–Trinajstić information content (AvgIpc) is 3.18. The molecule has 0 aromatic rings. The van der Waals surface area contributed by atoms with E-state index >= 15 is 0 Å². The van der Waals surface area contributed by atoms with E-state index in [4.69, 9.17) is 14.2 Å². The molecule has 1 saturated carbocycles. The first-order valence-corrected chi connectivity index (χ1v) is 10.5. The summed E-state index contributed by atoms with van der Waals surface area (Å²) in [6.45, 7) is 4.90. The fourth-order valence-electron chi connectivity index (χ4n) is 4.74. The third kappa shape index (κ3) is 4.99. The molecule has 26 heavy (non-hydrogen) atoms. The maximum Gasteiger partial charge on any atom is 0.199 e. The number of fused-ring (bicyclic) bond motifs is 1. The molecule has 150 valence electrons. The fraction of sp³-hybridized carbons (Fsp3) is 0.905. The van der Waals surface area contributed by atoms with Gasteiger partial charge in [-0.15, -0.1) is 0 Å². The van der Waals surface area contributed by atoms with Gasteiger partial charge in [0.05, 0.1) is 12.7 Å². The summed E-state index contributed by atoms with van der Waals surface area (Å²) in [6, 6.07) is 0. The number of hydrogen-bond donors (Lipinski definition) is 1. The van der Waals surface area contributed by atoms with Crippen LogP contribution < -0.4 is 0 Å². The highest BCUT2D eigenvalue weighted by molar-refractivity contribution is 5.16. The van der Waals surface area contributed by atoms with E-state index in [2.05, 4.69) is 13.8 Å². The molecule has 0 aromatic heterocycles. The molecule has 3 rings (SSSR count). The largest absolute Gasteiger partial charge is 0.469 e. The Morgan fingerprint density at radius 2 is 2.12 bits per heavy atom. The van der Waals surface area contributed by atoms with Gasteiger partial charge in [0.2, 0.25) is 0 Å². The van der Waals surface area contributed by atoms with Gasteiger partial charge < -0.3 is 19.3 Å². The predicted molar refractivity (Wildman–Crippen MR) is 98.1 cm³/mol. The molecule has 1 N–H and O–H groups in total. The molecule has 0 spiro atoms. The number of hydrogen-bond acceptors (Lipinski definition) is 4. The van der Waals surface area contributed by atoms with Gasteiger partial charge in [0.1, 0.15) is 11.9 Å². The molecule has 3 fully saturated rings. The summed E-state index contributed by atoms with van der Waals surface area (Å²) >= 11 is 0. The highest BCUT2D eigenvalue weighted by Crippen LogP contribution is 2.47. The van der Waals surface area contributed by atoms with Crippen molar-refractivity contribution in [3.05, 3.63) is 11.3 Å². The van der Waals surface area contributed by atoms with Crippen LogP contribution >= 0.6 is 0 Å². The Kier molecular flexibility index (Phi) is 7.35. The number of ether oxygens (including phenoxy) is 3. The van der Waals surface area contributed by atoms with Crippen molar-refractivity contribution < 1.29 is 23.7 Å². The van der Waals surface area contributed by atoms with Gasteiger partial charge in [0.15, 0.2) is 12.6 Å². The van der Waals surface area contributed by atoms with Crippen molar-refractivity contribution in [2.75, 3.05) is 6.61 Å². The van der Waals surface area contributed by atoms with E-state index in [1.807, 2.05) is 0 Å². The van der Waals surface area contributed by atoms with E-state index in [0.717, 1.165) is 62.9 Å². The highest BCUT2D eigenvalue weighted by atomic mass is 19.1. The van der Waals surface area contributed by atoms with Crippen molar-refractivity contribution in [1.82, 2.24) is 0 Å². The Labute approximate surface area is 157 Å². The monoisotopic (exact) mass is 370 g/mol. The van der Waals surface area contributed by atoms with Gasteiger partial charge in [-0.1, -0.05) is 19.8 Å². The van der Waals surface area contributed by atoms with Crippen LogP contribution in [-0.4, -0.2) is 36.6 Å². The molecule has 1 aliphatic carbocycles. The van der Waals surface area contributed by atoms with Crippen LogP contribution in [0.5, 0.6) is 0 Å². The first-order chi connectivity index (χ1) is 12.6. The Morgan fingerprint density at radius 1 is 1.27 bits per heavy atom. The summed E-state index contributed by atoms with van der Waals surface area (Å²) < 4.78 is 32.1. The Balaban J connectivity index is 1.72. The van der Waals surface area contributed by atoms with E-state index < -0.39 is 12.5 Å². The van der Waals surface area contributed by atoms with Crippen LogP contribution in [0.4, 0.5) is 4.39 Å². The van der Waals surface area contributed by atoms with Gasteiger partial charge >= 0.3 is 0 Å². The summed E-state index contributed by atoms with van der Waals surface area (Å²) in [4.78, 5) is 0. The van der Waals surface area contributed by atoms with Crippen molar-refractivity contribution in [2.45, 2.75) is 103 Å². The zero-order valence-corrected chi connectivity index (χ0v) is 16.3. The minimum Gasteiger partial charge on any atom is -0.469 e. The molecular formula is C21H35FO4. The number of halogens is 1. The number of unbranched alkanes of at least 4 members (excludes halogenated alkanes) is 1. The van der Waals surface area contributed by atoms with Crippen LogP contribution in [0, 0.1) is 11.8 Å². The van der Waals surface area contributed by atoms with Gasteiger partial charge in [-0.05, 0) is 56.4 Å². The minimum absolute atomic E-state index is 0.137. The van der Waals surface area contributed by atoms with E-state index in [1.54, 1.807) is 0 Å². The third-order valence-corrected chi connectivity index (χ3v) is 6.25. The molecule has 6 unspecified atom stereocenters. The zero-order chi connectivity index (χ0) is 18.5. The number of aliphatic hydroxyl groups excluding tert-OH is 1. The van der Waals surface area contributed by atoms with Gasteiger partial charge in [-0.3, -0.25) is 0 Å². The number of aliphatic hydroxyl groups is 1. The lowest BCUT2D eigenvalue weighted by atomic mass is 9.86. The molecule has 3 aliphatic rings. The molecular weight excluding hydrogens is 335 g/mol. The molecule has 0 bridgehead atoms. The van der Waals surface area contributed by atoms with E-state index in [1.165, 1.54) is 0 Å². The quantitative estimate of drug-likeness (QED) is 0.620. The van der Waals surface area contributed by atoms with E-state index in [9.17, 15) is 9.50 Å². The van der Waals surface area contributed by atoms with E-state index in [-0.39, 0.29) is 12.4 Å². The summed E-state index contributed by atoms with van der Waals surface area (Å²) in [5.74, 6) is 1.42. The smallest absolute Gasteiger partial charge is 0.199 e. The zero-order valence-electron chi connectivity index (χ0n) is 16.3. The van der Waals surface area contributed by atoms with Crippen LogP contribution in [0.2, 0.25) is 0 Å². The van der Waals surface area contributed by atoms with Crippen LogP contribution in [-0.2, 0) is 14.2 Å².